The van der Waals surface area contributed by atoms with E-state index in [2.05, 4.69) is 54.2 Å². The second-order valence-corrected chi connectivity index (χ2v) is 6.56. The van der Waals surface area contributed by atoms with Crippen LogP contribution in [0.2, 0.25) is 0 Å². The Morgan fingerprint density at radius 1 is 1.38 bits per heavy atom. The quantitative estimate of drug-likeness (QED) is 0.425. The van der Waals surface area contributed by atoms with Gasteiger partial charge in [0.05, 0.1) is 12.2 Å². The first-order valence-corrected chi connectivity index (χ1v) is 9.85. The van der Waals surface area contributed by atoms with Gasteiger partial charge >= 0.3 is 0 Å². The third-order valence-corrected chi connectivity index (χ3v) is 4.15. The van der Waals surface area contributed by atoms with Gasteiger partial charge in [-0.2, -0.15) is 0 Å². The van der Waals surface area contributed by atoms with Crippen molar-refractivity contribution in [2.24, 2.45) is 4.99 Å². The molecule has 110 valence electrons. The third-order valence-electron chi connectivity index (χ3n) is 3.31. The maximum Gasteiger partial charge on any atom is 0.152 e. The molecule has 0 N–H and O–H groups in total. The summed E-state index contributed by atoms with van der Waals surface area (Å²) in [6.07, 6.45) is 0.843. The standard InChI is InChI=1S/C15H16IN3OS/c1-18-6-7-19(2)15(10-18)17-14-9-12(5-8-21-16)3-4-13(14)11-20/h3-4,9,11H,6-7,10H2,1-2H3. The summed E-state index contributed by atoms with van der Waals surface area (Å²) in [5, 5.41) is 2.95. The van der Waals surface area contributed by atoms with E-state index in [1.165, 1.54) is 8.93 Å². The predicted octanol–water partition coefficient (Wildman–Crippen LogP) is 2.80. The highest BCUT2D eigenvalue weighted by Crippen LogP contribution is 2.21. The van der Waals surface area contributed by atoms with Crippen LogP contribution in [0.4, 0.5) is 5.69 Å². The number of rotatable bonds is 2. The molecule has 4 nitrogen and oxygen atoms in total. The number of amidine groups is 1. The van der Waals surface area contributed by atoms with Crippen LogP contribution in [0.25, 0.3) is 0 Å². The minimum atomic E-state index is 0.594. The lowest BCUT2D eigenvalue weighted by molar-refractivity contribution is 0.112. The molecule has 21 heavy (non-hydrogen) atoms. The topological polar surface area (TPSA) is 35.9 Å². The highest BCUT2D eigenvalue weighted by atomic mass is 127. The third kappa shape index (κ3) is 4.46. The van der Waals surface area contributed by atoms with E-state index in [0.717, 1.165) is 37.3 Å². The van der Waals surface area contributed by atoms with Crippen LogP contribution in [0.5, 0.6) is 0 Å². The van der Waals surface area contributed by atoms with Gasteiger partial charge in [-0.3, -0.25) is 9.69 Å². The van der Waals surface area contributed by atoms with E-state index in [1.807, 2.05) is 19.2 Å². The predicted molar refractivity (Wildman–Crippen MR) is 97.5 cm³/mol. The summed E-state index contributed by atoms with van der Waals surface area (Å²) >= 11 is 2.13. The fourth-order valence-corrected chi connectivity index (χ4v) is 2.53. The van der Waals surface area contributed by atoms with Crippen molar-refractivity contribution < 1.29 is 4.79 Å². The van der Waals surface area contributed by atoms with Crippen molar-refractivity contribution in [2.75, 3.05) is 33.7 Å². The number of carbonyl (C=O) groups excluding carboxylic acids is 1. The van der Waals surface area contributed by atoms with Crippen LogP contribution >= 0.6 is 30.1 Å². The first kappa shape index (κ1) is 16.3. The molecule has 1 fully saturated rings. The zero-order valence-electron chi connectivity index (χ0n) is 12.0. The van der Waals surface area contributed by atoms with Crippen molar-refractivity contribution in [3.05, 3.63) is 29.3 Å². The van der Waals surface area contributed by atoms with E-state index in [9.17, 15) is 4.79 Å². The van der Waals surface area contributed by atoms with E-state index < -0.39 is 0 Å². The van der Waals surface area contributed by atoms with Gasteiger partial charge in [0.25, 0.3) is 0 Å². The Kier molecular flexibility index (Phi) is 6.08. The van der Waals surface area contributed by atoms with Gasteiger partial charge in [0.1, 0.15) is 5.84 Å². The van der Waals surface area contributed by atoms with Crippen LogP contribution in [0.1, 0.15) is 15.9 Å². The SMILES string of the molecule is CN1CCN(C)C(=Nc2cc(C#CSI)ccc2C=O)C1. The van der Waals surface area contributed by atoms with Gasteiger partial charge in [0.2, 0.25) is 0 Å². The molecule has 1 aliphatic rings. The molecule has 0 unspecified atom stereocenters. The van der Waals surface area contributed by atoms with Crippen molar-refractivity contribution in [1.82, 2.24) is 9.80 Å². The van der Waals surface area contributed by atoms with Gasteiger partial charge in [-0.1, -0.05) is 5.92 Å². The molecule has 0 atom stereocenters. The van der Waals surface area contributed by atoms with Gasteiger partial charge in [-0.25, -0.2) is 4.99 Å². The smallest absolute Gasteiger partial charge is 0.152 e. The Morgan fingerprint density at radius 3 is 2.90 bits per heavy atom. The van der Waals surface area contributed by atoms with Gasteiger partial charge < -0.3 is 4.90 Å². The second kappa shape index (κ2) is 7.82. The number of nitrogens with zero attached hydrogens (tertiary/aromatic N) is 3. The highest BCUT2D eigenvalue weighted by Gasteiger charge is 2.17. The van der Waals surface area contributed by atoms with E-state index >= 15 is 0 Å². The highest BCUT2D eigenvalue weighted by molar-refractivity contribution is 14.2. The summed E-state index contributed by atoms with van der Waals surface area (Å²) in [6, 6.07) is 5.50. The van der Waals surface area contributed by atoms with E-state index in [4.69, 9.17) is 0 Å². The minimum Gasteiger partial charge on any atom is -0.361 e. The number of aliphatic imine (C=N–C) groups is 1. The molecule has 0 spiro atoms. The minimum absolute atomic E-state index is 0.594. The Labute approximate surface area is 141 Å². The number of aldehydes is 1. The lowest BCUT2D eigenvalue weighted by atomic mass is 10.1. The lowest BCUT2D eigenvalue weighted by Crippen LogP contribution is -2.46. The van der Waals surface area contributed by atoms with E-state index in [0.29, 0.717) is 11.3 Å². The van der Waals surface area contributed by atoms with Gasteiger partial charge in [-0.05, 0) is 39.4 Å². The molecule has 1 aromatic rings. The van der Waals surface area contributed by atoms with E-state index in [1.54, 1.807) is 6.07 Å². The summed E-state index contributed by atoms with van der Waals surface area (Å²) < 4.78 is 0. The summed E-state index contributed by atoms with van der Waals surface area (Å²) in [4.78, 5) is 20.2. The fraction of sp³-hybridized carbons (Fsp3) is 0.333. The van der Waals surface area contributed by atoms with Crippen molar-refractivity contribution in [3.8, 4) is 11.2 Å². The van der Waals surface area contributed by atoms with Gasteiger partial charge in [0.15, 0.2) is 6.29 Å². The average molecular weight is 413 g/mol. The van der Waals surface area contributed by atoms with Crippen LogP contribution in [-0.4, -0.2) is 55.7 Å². The molecule has 0 aromatic heterocycles. The Morgan fingerprint density at radius 2 is 2.19 bits per heavy atom. The first-order chi connectivity index (χ1) is 10.1. The molecule has 1 heterocycles. The van der Waals surface area contributed by atoms with Crippen molar-refractivity contribution in [1.29, 1.82) is 0 Å². The van der Waals surface area contributed by atoms with Crippen LogP contribution in [0.15, 0.2) is 23.2 Å². The normalized spacial score (nSPS) is 17.5. The number of hydrogen-bond donors (Lipinski definition) is 0. The number of halogens is 1. The molecular weight excluding hydrogens is 397 g/mol. The largest absolute Gasteiger partial charge is 0.361 e. The molecule has 1 aromatic carbocycles. The number of benzene rings is 1. The van der Waals surface area contributed by atoms with Gasteiger partial charge in [-0.15, -0.1) is 0 Å². The summed E-state index contributed by atoms with van der Waals surface area (Å²) in [7, 11) is 5.54. The number of hydrogen-bond acceptors (Lipinski definition) is 4. The Hall–Kier alpha value is -1.04. The molecule has 0 amide bonds. The molecule has 6 heteroatoms. The average Bonchev–Trinajstić information content (AvgIpc) is 2.49. The van der Waals surface area contributed by atoms with Crippen LogP contribution < -0.4 is 0 Å². The van der Waals surface area contributed by atoms with Crippen molar-refractivity contribution >= 4 is 47.9 Å². The summed E-state index contributed by atoms with van der Waals surface area (Å²) in [6.45, 7) is 2.75. The van der Waals surface area contributed by atoms with Crippen molar-refractivity contribution in [2.45, 2.75) is 0 Å². The van der Waals surface area contributed by atoms with Crippen LogP contribution in [-0.2, 0) is 0 Å². The Balaban J connectivity index is 2.38. The number of carbonyl (C=O) groups is 1. The molecule has 2 rings (SSSR count). The van der Waals surface area contributed by atoms with Gasteiger partial charge in [0, 0.05) is 52.5 Å². The molecule has 1 saturated heterocycles. The molecule has 0 radical (unpaired) electrons. The molecule has 1 aliphatic heterocycles. The van der Waals surface area contributed by atoms with Crippen LogP contribution in [0.3, 0.4) is 0 Å². The zero-order chi connectivity index (χ0) is 15.2. The number of piperazine rings is 1. The first-order valence-electron chi connectivity index (χ1n) is 6.49. The molecule has 0 aliphatic carbocycles. The maximum atomic E-state index is 11.2. The molecular formula is C15H16IN3OS. The van der Waals surface area contributed by atoms with E-state index in [-0.39, 0.29) is 0 Å². The fourth-order valence-electron chi connectivity index (χ4n) is 2.05. The van der Waals surface area contributed by atoms with Crippen LogP contribution in [0, 0.1) is 11.2 Å². The zero-order valence-corrected chi connectivity index (χ0v) is 14.9. The molecule has 0 bridgehead atoms. The summed E-state index contributed by atoms with van der Waals surface area (Å²) in [5.41, 5.74) is 2.15. The second-order valence-electron chi connectivity index (χ2n) is 4.88. The summed E-state index contributed by atoms with van der Waals surface area (Å²) in [5.74, 6) is 4.01. The maximum absolute atomic E-state index is 11.2. The Bertz CT molecular complexity index is 621. The lowest BCUT2D eigenvalue weighted by Gasteiger charge is -2.32. The molecule has 0 saturated carbocycles. The van der Waals surface area contributed by atoms with Crippen molar-refractivity contribution in [3.63, 3.8) is 0 Å². The monoisotopic (exact) mass is 413 g/mol. The number of likely N-dealkylation sites (N-methyl/N-ethyl adjacent to an activating group) is 2.